The first-order valence-electron chi connectivity index (χ1n) is 9.89. The molecule has 0 radical (unpaired) electrons. The third kappa shape index (κ3) is 3.87. The van der Waals surface area contributed by atoms with Gasteiger partial charge < -0.3 is 14.2 Å². The van der Waals surface area contributed by atoms with E-state index in [1.807, 2.05) is 6.07 Å². The fourth-order valence-corrected chi connectivity index (χ4v) is 5.22. The molecule has 0 amide bonds. The lowest BCUT2D eigenvalue weighted by Crippen LogP contribution is -2.28. The fourth-order valence-electron chi connectivity index (χ4n) is 4.29. The van der Waals surface area contributed by atoms with Gasteiger partial charge in [-0.25, -0.2) is 4.79 Å². The van der Waals surface area contributed by atoms with Gasteiger partial charge in [0.1, 0.15) is 17.1 Å². The molecule has 4 nitrogen and oxygen atoms in total. The van der Waals surface area contributed by atoms with Gasteiger partial charge in [0.15, 0.2) is 11.5 Å². The van der Waals surface area contributed by atoms with E-state index in [-0.39, 0.29) is 24.1 Å². The molecule has 2 aromatic rings. The molecule has 3 heterocycles. The highest BCUT2D eigenvalue weighted by molar-refractivity contribution is 7.17. The number of carbonyl (C=O) groups is 1. The van der Waals surface area contributed by atoms with Crippen molar-refractivity contribution in [2.45, 2.75) is 63.6 Å². The van der Waals surface area contributed by atoms with E-state index in [1.165, 1.54) is 23.3 Å². The summed E-state index contributed by atoms with van der Waals surface area (Å²) in [7, 11) is 1.67. The van der Waals surface area contributed by atoms with Crippen molar-refractivity contribution < 1.29 is 19.0 Å². The number of halogens is 1. The molecule has 6 heteroatoms. The van der Waals surface area contributed by atoms with Crippen molar-refractivity contribution in [3.05, 3.63) is 44.6 Å². The number of aryl methyl sites for hydroxylation is 1. The molecule has 0 spiro atoms. The lowest BCUT2D eigenvalue weighted by Gasteiger charge is -2.24. The smallest absolute Gasteiger partial charge is 0.348 e. The van der Waals surface area contributed by atoms with Crippen molar-refractivity contribution in [3.63, 3.8) is 0 Å². The highest BCUT2D eigenvalue weighted by Gasteiger charge is 2.36. The van der Waals surface area contributed by atoms with Crippen LogP contribution in [0.5, 0.6) is 11.5 Å². The van der Waals surface area contributed by atoms with E-state index in [1.54, 1.807) is 19.2 Å². The second-order valence-corrected chi connectivity index (χ2v) is 9.30. The number of rotatable bonds is 3. The zero-order valence-corrected chi connectivity index (χ0v) is 17.8. The van der Waals surface area contributed by atoms with E-state index >= 15 is 0 Å². The maximum absolute atomic E-state index is 12.7. The largest absolute Gasteiger partial charge is 0.493 e. The Bertz CT molecular complexity index is 862. The van der Waals surface area contributed by atoms with E-state index in [0.29, 0.717) is 15.6 Å². The van der Waals surface area contributed by atoms with E-state index in [2.05, 4.69) is 13.0 Å². The SMILES string of the molecule is COc1ccc2c3c1OC(CCCCC2)C[C@@H](OC(=O)c1ccc(Cl)s1)[C@@H]3C. The van der Waals surface area contributed by atoms with Crippen molar-refractivity contribution in [1.29, 1.82) is 0 Å². The van der Waals surface area contributed by atoms with Gasteiger partial charge in [-0.15, -0.1) is 11.3 Å². The topological polar surface area (TPSA) is 44.8 Å². The van der Waals surface area contributed by atoms with Gasteiger partial charge in [0, 0.05) is 17.9 Å². The standard InChI is InChI=1S/C22H25ClO4S/c1-13-17(27-22(24)18-10-11-19(23)28-18)12-15-7-5-3-4-6-14-8-9-16(25-2)21(26-15)20(13)14/h8-11,13,15,17H,3-7,12H2,1-2H3/t13-,15?,17+/m0/s1. The summed E-state index contributed by atoms with van der Waals surface area (Å²) >= 11 is 7.24. The van der Waals surface area contributed by atoms with Gasteiger partial charge >= 0.3 is 5.97 Å². The maximum Gasteiger partial charge on any atom is 0.348 e. The Morgan fingerprint density at radius 2 is 2.07 bits per heavy atom. The molecule has 0 aliphatic carbocycles. The molecule has 0 saturated heterocycles. The van der Waals surface area contributed by atoms with Gasteiger partial charge in [-0.05, 0) is 49.4 Å². The molecule has 0 fully saturated rings. The predicted octanol–water partition coefficient (Wildman–Crippen LogP) is 6.01. The van der Waals surface area contributed by atoms with Crippen LogP contribution in [0.15, 0.2) is 24.3 Å². The van der Waals surface area contributed by atoms with Crippen molar-refractivity contribution in [3.8, 4) is 11.5 Å². The van der Waals surface area contributed by atoms with Crippen molar-refractivity contribution in [1.82, 2.24) is 0 Å². The summed E-state index contributed by atoms with van der Waals surface area (Å²) in [5, 5.41) is 0. The highest BCUT2D eigenvalue weighted by Crippen LogP contribution is 2.45. The summed E-state index contributed by atoms with van der Waals surface area (Å²) < 4.78 is 18.6. The Morgan fingerprint density at radius 3 is 2.82 bits per heavy atom. The fraction of sp³-hybridized carbons (Fsp3) is 0.500. The first-order chi connectivity index (χ1) is 13.6. The molecule has 2 aliphatic heterocycles. The zero-order chi connectivity index (χ0) is 19.7. The lowest BCUT2D eigenvalue weighted by molar-refractivity contribution is 0.0146. The number of hydrogen-bond donors (Lipinski definition) is 0. The second-order valence-electron chi connectivity index (χ2n) is 7.58. The average molecular weight is 421 g/mol. The van der Waals surface area contributed by atoms with E-state index in [9.17, 15) is 4.79 Å². The van der Waals surface area contributed by atoms with Crippen LogP contribution < -0.4 is 9.47 Å². The minimum atomic E-state index is -0.310. The highest BCUT2D eigenvalue weighted by atomic mass is 35.5. The van der Waals surface area contributed by atoms with Crippen LogP contribution in [-0.2, 0) is 11.2 Å². The number of ether oxygens (including phenoxy) is 3. The average Bonchev–Trinajstić information content (AvgIpc) is 3.06. The lowest BCUT2D eigenvalue weighted by atomic mass is 9.87. The monoisotopic (exact) mass is 420 g/mol. The number of hydrogen-bond acceptors (Lipinski definition) is 5. The van der Waals surface area contributed by atoms with Crippen molar-refractivity contribution >= 4 is 28.9 Å². The molecule has 1 aromatic carbocycles. The first-order valence-corrected chi connectivity index (χ1v) is 11.1. The van der Waals surface area contributed by atoms with Gasteiger partial charge in [-0.1, -0.05) is 31.0 Å². The van der Waals surface area contributed by atoms with Gasteiger partial charge in [0.25, 0.3) is 0 Å². The van der Waals surface area contributed by atoms with Crippen LogP contribution in [0.4, 0.5) is 0 Å². The van der Waals surface area contributed by atoms with Crippen LogP contribution in [0.2, 0.25) is 4.34 Å². The van der Waals surface area contributed by atoms with Gasteiger partial charge in [-0.3, -0.25) is 0 Å². The zero-order valence-electron chi connectivity index (χ0n) is 16.2. The van der Waals surface area contributed by atoms with Gasteiger partial charge in [0.05, 0.1) is 11.4 Å². The first kappa shape index (κ1) is 19.6. The summed E-state index contributed by atoms with van der Waals surface area (Å²) in [5.41, 5.74) is 2.40. The number of thiophene rings is 1. The second kappa shape index (κ2) is 8.34. The molecule has 28 heavy (non-hydrogen) atoms. The summed E-state index contributed by atoms with van der Waals surface area (Å²) in [6.07, 6.45) is 5.87. The number of fused-ring (bicyclic) bond motifs is 1. The van der Waals surface area contributed by atoms with Crippen LogP contribution in [0.3, 0.4) is 0 Å². The molecular weight excluding hydrogens is 396 g/mol. The Hall–Kier alpha value is -1.72. The summed E-state index contributed by atoms with van der Waals surface area (Å²) in [4.78, 5) is 13.3. The number of carbonyl (C=O) groups excluding carboxylic acids is 1. The Balaban J connectivity index is 1.71. The third-order valence-corrected chi connectivity index (χ3v) is 6.98. The molecule has 2 aliphatic rings. The number of methoxy groups -OCH3 is 1. The van der Waals surface area contributed by atoms with E-state index in [0.717, 1.165) is 42.7 Å². The summed E-state index contributed by atoms with van der Waals surface area (Å²) in [6.45, 7) is 2.13. The van der Waals surface area contributed by atoms with Crippen LogP contribution in [0.1, 0.15) is 65.7 Å². The summed E-state index contributed by atoms with van der Waals surface area (Å²) in [6, 6.07) is 7.59. The molecule has 0 N–H and O–H groups in total. The molecule has 1 aromatic heterocycles. The predicted molar refractivity (Wildman–Crippen MR) is 111 cm³/mol. The Kier molecular flexibility index (Phi) is 5.83. The number of benzene rings is 1. The summed E-state index contributed by atoms with van der Waals surface area (Å²) in [5.74, 6) is 1.31. The molecule has 150 valence electrons. The molecule has 4 rings (SSSR count). The molecule has 0 saturated carbocycles. The third-order valence-electron chi connectivity index (χ3n) is 5.77. The Morgan fingerprint density at radius 1 is 1.21 bits per heavy atom. The van der Waals surface area contributed by atoms with Crippen LogP contribution in [0, 0.1) is 0 Å². The van der Waals surface area contributed by atoms with Crippen molar-refractivity contribution in [2.75, 3.05) is 7.11 Å². The van der Waals surface area contributed by atoms with Gasteiger partial charge in [0.2, 0.25) is 0 Å². The number of esters is 1. The Labute approximate surface area is 174 Å². The minimum absolute atomic E-state index is 0.00988. The van der Waals surface area contributed by atoms with Gasteiger partial charge in [-0.2, -0.15) is 0 Å². The normalized spacial score (nSPS) is 24.2. The van der Waals surface area contributed by atoms with Crippen LogP contribution in [0.25, 0.3) is 0 Å². The molecular formula is C22H25ClO4S. The molecule has 4 bridgehead atoms. The maximum atomic E-state index is 12.7. The van der Waals surface area contributed by atoms with Crippen molar-refractivity contribution in [2.24, 2.45) is 0 Å². The van der Waals surface area contributed by atoms with E-state index < -0.39 is 0 Å². The van der Waals surface area contributed by atoms with Crippen LogP contribution in [-0.4, -0.2) is 25.3 Å². The minimum Gasteiger partial charge on any atom is -0.493 e. The molecule has 1 unspecified atom stereocenters. The van der Waals surface area contributed by atoms with Crippen LogP contribution >= 0.6 is 22.9 Å². The molecule has 3 atom stereocenters. The quantitative estimate of drug-likeness (QED) is 0.570. The van der Waals surface area contributed by atoms with E-state index in [4.69, 9.17) is 25.8 Å².